The first-order valence-corrected chi connectivity index (χ1v) is 12.3. The molecule has 1 amide bonds. The molecule has 3 heterocycles. The predicted molar refractivity (Wildman–Crippen MR) is 129 cm³/mol. The summed E-state index contributed by atoms with van der Waals surface area (Å²) in [6, 6.07) is 8.16. The Bertz CT molecular complexity index is 1120. The van der Waals surface area contributed by atoms with Crippen LogP contribution in [0.25, 0.3) is 5.69 Å². The number of hydrogen-bond donors (Lipinski definition) is 2. The Morgan fingerprint density at radius 1 is 1.25 bits per heavy atom. The van der Waals surface area contributed by atoms with Gasteiger partial charge in [0.05, 0.1) is 17.9 Å². The minimum atomic E-state index is -0.883. The Hall–Kier alpha value is -3.56. The van der Waals surface area contributed by atoms with Crippen LogP contribution in [0, 0.1) is 11.3 Å². The number of nitrogens with zero attached hydrogens (tertiary/aromatic N) is 2. The summed E-state index contributed by atoms with van der Waals surface area (Å²) in [5.41, 5.74) is 3.87. The van der Waals surface area contributed by atoms with Crippen molar-refractivity contribution in [3.8, 4) is 5.69 Å². The molecule has 36 heavy (non-hydrogen) atoms. The molecule has 2 unspecified atom stereocenters. The fourth-order valence-electron chi connectivity index (χ4n) is 4.81. The van der Waals surface area contributed by atoms with Gasteiger partial charge in [0.2, 0.25) is 0 Å². The summed E-state index contributed by atoms with van der Waals surface area (Å²) in [4.78, 5) is 40.0. The zero-order valence-corrected chi connectivity index (χ0v) is 20.9. The number of alkyl carbamates (subject to hydrolysis) is 1. The van der Waals surface area contributed by atoms with Crippen LogP contribution in [-0.2, 0) is 38.3 Å². The summed E-state index contributed by atoms with van der Waals surface area (Å²) in [6.45, 7) is 5.87. The molecule has 1 aromatic carbocycles. The zero-order chi connectivity index (χ0) is 25.9. The highest BCUT2D eigenvalue weighted by Crippen LogP contribution is 2.31. The number of cyclic esters (lactones) is 2. The molecule has 10 heteroatoms. The largest absolute Gasteiger partial charge is 0.509 e. The molecule has 4 rings (SSSR count). The van der Waals surface area contributed by atoms with Gasteiger partial charge in [0, 0.05) is 29.8 Å². The number of carbonyl (C=O) groups is 3. The number of hydrogen-bond acceptors (Lipinski definition) is 7. The number of fused-ring (bicyclic) bond motifs is 3. The molecule has 10 nitrogen and oxygen atoms in total. The number of carbonyl (C=O) groups excluding carboxylic acids is 2. The standard InChI is InChI=1S/C26H33N3O7/c1-26(2,3)22-21(35-25(33)36-22)14-34-24(32)27-12-6-8-17(23(30)31)13-18-20-11-10-16-7-4-5-9-19(16)29(20)15-28-18/h4-5,7,9,15,17,21-22H,6,8,10-14H2,1-3H3,(H,27,32)(H,30,31)/t17-,21?,22?/m0/s1. The molecule has 1 fully saturated rings. The second-order valence-corrected chi connectivity index (χ2v) is 10.4. The first-order chi connectivity index (χ1) is 17.1. The summed E-state index contributed by atoms with van der Waals surface area (Å²) >= 11 is 0. The van der Waals surface area contributed by atoms with Crippen LogP contribution >= 0.6 is 0 Å². The van der Waals surface area contributed by atoms with Crippen LogP contribution in [0.15, 0.2) is 30.6 Å². The van der Waals surface area contributed by atoms with Crippen molar-refractivity contribution in [3.05, 3.63) is 47.5 Å². The maximum Gasteiger partial charge on any atom is 0.509 e. The van der Waals surface area contributed by atoms with Crippen molar-refractivity contribution in [1.29, 1.82) is 0 Å². The number of amides is 1. The summed E-state index contributed by atoms with van der Waals surface area (Å²) in [5, 5.41) is 12.4. The first kappa shape index (κ1) is 25.5. The van der Waals surface area contributed by atoms with E-state index in [2.05, 4.69) is 27.0 Å². The van der Waals surface area contributed by atoms with Gasteiger partial charge in [0.15, 0.2) is 12.2 Å². The molecule has 0 radical (unpaired) electrons. The maximum absolute atomic E-state index is 12.1. The molecule has 0 spiro atoms. The molecule has 3 atom stereocenters. The van der Waals surface area contributed by atoms with Crippen molar-refractivity contribution in [1.82, 2.24) is 14.9 Å². The molecule has 2 aliphatic heterocycles. The number of aromatic nitrogens is 2. The van der Waals surface area contributed by atoms with Gasteiger partial charge in [0.25, 0.3) is 0 Å². The minimum absolute atomic E-state index is 0.119. The maximum atomic E-state index is 12.1. The van der Waals surface area contributed by atoms with Crippen LogP contribution in [-0.4, -0.2) is 58.2 Å². The van der Waals surface area contributed by atoms with Crippen molar-refractivity contribution in [2.45, 2.75) is 65.1 Å². The molecule has 0 bridgehead atoms. The zero-order valence-electron chi connectivity index (χ0n) is 20.9. The summed E-state index contributed by atoms with van der Waals surface area (Å²) in [6.07, 6.45) is 2.08. The molecule has 2 aliphatic rings. The van der Waals surface area contributed by atoms with Crippen LogP contribution in [0.2, 0.25) is 0 Å². The lowest BCUT2D eigenvalue weighted by Gasteiger charge is -2.27. The van der Waals surface area contributed by atoms with Crippen LogP contribution in [0.5, 0.6) is 0 Å². The highest BCUT2D eigenvalue weighted by molar-refractivity contribution is 5.70. The topological polar surface area (TPSA) is 129 Å². The predicted octanol–water partition coefficient (Wildman–Crippen LogP) is 3.67. The fourth-order valence-corrected chi connectivity index (χ4v) is 4.81. The van der Waals surface area contributed by atoms with E-state index in [1.807, 2.05) is 32.9 Å². The number of imidazole rings is 1. The van der Waals surface area contributed by atoms with Gasteiger partial charge in [-0.3, -0.25) is 4.79 Å². The molecule has 194 valence electrons. The SMILES string of the molecule is CC(C)(C)C1OC(=O)OC1COC(=O)NCCC[C@@H](Cc1ncn2c1CCc1ccccc1-2)C(=O)O. The quantitative estimate of drug-likeness (QED) is 0.395. The third kappa shape index (κ3) is 5.80. The molecule has 0 aliphatic carbocycles. The second-order valence-electron chi connectivity index (χ2n) is 10.4. The third-order valence-corrected chi connectivity index (χ3v) is 6.66. The van der Waals surface area contributed by atoms with Crippen molar-refractivity contribution in [3.63, 3.8) is 0 Å². The van der Waals surface area contributed by atoms with E-state index in [1.54, 1.807) is 6.33 Å². The monoisotopic (exact) mass is 499 g/mol. The van der Waals surface area contributed by atoms with Crippen LogP contribution in [0.4, 0.5) is 9.59 Å². The number of ether oxygens (including phenoxy) is 3. The Morgan fingerprint density at radius 2 is 2.03 bits per heavy atom. The molecular formula is C26H33N3O7. The van der Waals surface area contributed by atoms with E-state index in [4.69, 9.17) is 14.2 Å². The molecule has 2 aromatic rings. The Labute approximate surface area is 209 Å². The van der Waals surface area contributed by atoms with Gasteiger partial charge < -0.3 is 29.2 Å². The van der Waals surface area contributed by atoms with E-state index < -0.39 is 36.3 Å². The van der Waals surface area contributed by atoms with E-state index >= 15 is 0 Å². The third-order valence-electron chi connectivity index (χ3n) is 6.66. The normalized spacial score (nSPS) is 19.5. The van der Waals surface area contributed by atoms with E-state index in [-0.39, 0.29) is 18.6 Å². The van der Waals surface area contributed by atoms with Gasteiger partial charge in [-0.05, 0) is 37.3 Å². The summed E-state index contributed by atoms with van der Waals surface area (Å²) in [7, 11) is 0. The lowest BCUT2D eigenvalue weighted by atomic mass is 9.86. The number of rotatable bonds is 9. The average Bonchev–Trinajstić information content (AvgIpc) is 3.42. The van der Waals surface area contributed by atoms with Gasteiger partial charge in [-0.15, -0.1) is 0 Å². The smallest absolute Gasteiger partial charge is 0.481 e. The van der Waals surface area contributed by atoms with E-state index in [0.29, 0.717) is 19.3 Å². The average molecular weight is 500 g/mol. The molecule has 1 aromatic heterocycles. The number of carboxylic acid groups (broad SMARTS) is 1. The van der Waals surface area contributed by atoms with Gasteiger partial charge in [-0.25, -0.2) is 14.6 Å². The number of aliphatic carboxylic acids is 1. The summed E-state index contributed by atoms with van der Waals surface area (Å²) in [5.74, 6) is -1.49. The Kier molecular flexibility index (Phi) is 7.51. The minimum Gasteiger partial charge on any atom is -0.481 e. The van der Waals surface area contributed by atoms with E-state index in [1.165, 1.54) is 5.56 Å². The van der Waals surface area contributed by atoms with Gasteiger partial charge in [0.1, 0.15) is 6.61 Å². The highest BCUT2D eigenvalue weighted by Gasteiger charge is 2.44. The van der Waals surface area contributed by atoms with Crippen molar-refractivity contribution >= 4 is 18.2 Å². The first-order valence-electron chi connectivity index (χ1n) is 12.3. The summed E-state index contributed by atoms with van der Waals surface area (Å²) < 4.78 is 17.5. The van der Waals surface area contributed by atoms with E-state index in [0.717, 1.165) is 29.9 Å². The second kappa shape index (κ2) is 10.6. The molecule has 0 saturated carbocycles. The highest BCUT2D eigenvalue weighted by atomic mass is 16.8. The fraction of sp³-hybridized carbons (Fsp3) is 0.538. The number of aryl methyl sites for hydroxylation is 1. The van der Waals surface area contributed by atoms with Gasteiger partial charge in [-0.1, -0.05) is 39.0 Å². The van der Waals surface area contributed by atoms with Crippen molar-refractivity contribution in [2.24, 2.45) is 11.3 Å². The molecular weight excluding hydrogens is 466 g/mol. The number of carboxylic acids is 1. The molecule has 2 N–H and O–H groups in total. The lowest BCUT2D eigenvalue weighted by Crippen LogP contribution is -2.39. The van der Waals surface area contributed by atoms with Crippen LogP contribution in [0.1, 0.15) is 50.6 Å². The van der Waals surface area contributed by atoms with Crippen molar-refractivity contribution in [2.75, 3.05) is 13.2 Å². The van der Waals surface area contributed by atoms with Crippen molar-refractivity contribution < 1.29 is 33.7 Å². The van der Waals surface area contributed by atoms with E-state index in [9.17, 15) is 19.5 Å². The Balaban J connectivity index is 1.24. The number of nitrogens with one attached hydrogen (secondary N) is 1. The Morgan fingerprint density at radius 3 is 2.78 bits per heavy atom. The van der Waals surface area contributed by atoms with Gasteiger partial charge in [-0.2, -0.15) is 0 Å². The van der Waals surface area contributed by atoms with Crippen LogP contribution in [0.3, 0.4) is 0 Å². The van der Waals surface area contributed by atoms with Crippen LogP contribution < -0.4 is 5.32 Å². The number of para-hydroxylation sites is 1. The van der Waals surface area contributed by atoms with Gasteiger partial charge >= 0.3 is 18.2 Å². The molecule has 1 saturated heterocycles. The number of benzene rings is 1. The lowest BCUT2D eigenvalue weighted by molar-refractivity contribution is -0.142.